The molecule has 0 aliphatic carbocycles. The van der Waals surface area contributed by atoms with Crippen LogP contribution in [0, 0.1) is 0 Å². The monoisotopic (exact) mass is 673 g/mol. The summed E-state index contributed by atoms with van der Waals surface area (Å²) in [7, 11) is 2.89. The van der Waals surface area contributed by atoms with Gasteiger partial charge in [0.1, 0.15) is 0 Å². The highest BCUT2D eigenvalue weighted by Crippen LogP contribution is 2.09. The van der Waals surface area contributed by atoms with Gasteiger partial charge < -0.3 is 9.47 Å². The molecule has 0 amide bonds. The van der Waals surface area contributed by atoms with E-state index in [1.807, 2.05) is 24.3 Å². The molecule has 0 N–H and O–H groups in total. The molecule has 0 aliphatic heterocycles. The highest BCUT2D eigenvalue weighted by atomic mass is 16.5. The van der Waals surface area contributed by atoms with Gasteiger partial charge >= 0.3 is 11.9 Å². The molecule has 0 aliphatic rings. The van der Waals surface area contributed by atoms with Crippen molar-refractivity contribution in [2.75, 3.05) is 14.2 Å². The molecule has 4 nitrogen and oxygen atoms in total. The maximum atomic E-state index is 10.9. The molecule has 0 radical (unpaired) electrons. The van der Waals surface area contributed by atoms with E-state index in [0.717, 1.165) is 44.9 Å². The first-order chi connectivity index (χ1) is 23.4. The van der Waals surface area contributed by atoms with Crippen LogP contribution in [-0.2, 0) is 19.1 Å². The second-order valence-electron chi connectivity index (χ2n) is 11.3. The molecule has 4 heteroatoms. The first-order valence-corrected chi connectivity index (χ1v) is 18.8. The summed E-state index contributed by atoms with van der Waals surface area (Å²) in [5.74, 6) is -0.174. The third-order valence-corrected chi connectivity index (χ3v) is 6.92. The Morgan fingerprint density at radius 2 is 0.771 bits per heavy atom. The maximum Gasteiger partial charge on any atom is 0.305 e. The first kappa shape index (κ1) is 54.6. The SMILES string of the molecule is C=C.C=CCC=C.C=CCCCCC.C=CCCCCCCCC(=O)OC.CCCCC/C=C/C/C=C/CCCCCCCC(=O)OC. The van der Waals surface area contributed by atoms with E-state index in [0.29, 0.717) is 12.8 Å². The average Bonchev–Trinajstić information content (AvgIpc) is 3.11. The van der Waals surface area contributed by atoms with Crippen molar-refractivity contribution in [2.45, 2.75) is 168 Å². The van der Waals surface area contributed by atoms with E-state index in [1.54, 1.807) is 0 Å². The Balaban J connectivity index is -0.000000193. The lowest BCUT2D eigenvalue weighted by Gasteiger charge is -1.99. The van der Waals surface area contributed by atoms with Gasteiger partial charge in [0.25, 0.3) is 0 Å². The molecule has 0 fully saturated rings. The largest absolute Gasteiger partial charge is 0.469 e. The van der Waals surface area contributed by atoms with E-state index in [9.17, 15) is 9.59 Å². The molecule has 0 spiro atoms. The Morgan fingerprint density at radius 1 is 0.438 bits per heavy atom. The van der Waals surface area contributed by atoms with Gasteiger partial charge in [-0.05, 0) is 77.0 Å². The fourth-order valence-corrected chi connectivity index (χ4v) is 4.03. The van der Waals surface area contributed by atoms with Crippen molar-refractivity contribution in [1.82, 2.24) is 0 Å². The van der Waals surface area contributed by atoms with E-state index in [2.05, 4.69) is 87.1 Å². The molecule has 0 rings (SSSR count). The van der Waals surface area contributed by atoms with Gasteiger partial charge in [0.2, 0.25) is 0 Å². The predicted octanol–water partition coefficient (Wildman–Crippen LogP) is 14.4. The normalized spacial score (nSPS) is 9.67. The highest BCUT2D eigenvalue weighted by molar-refractivity contribution is 5.69. The number of esters is 2. The van der Waals surface area contributed by atoms with Crippen LogP contribution in [0.15, 0.2) is 88.1 Å². The van der Waals surface area contributed by atoms with Crippen molar-refractivity contribution in [3.63, 3.8) is 0 Å². The molecule has 0 aromatic heterocycles. The third-order valence-electron chi connectivity index (χ3n) is 6.92. The van der Waals surface area contributed by atoms with Crippen molar-refractivity contribution >= 4 is 11.9 Å². The lowest BCUT2D eigenvalue weighted by atomic mass is 10.1. The minimum Gasteiger partial charge on any atom is -0.469 e. The van der Waals surface area contributed by atoms with Crippen LogP contribution in [-0.4, -0.2) is 26.2 Å². The summed E-state index contributed by atoms with van der Waals surface area (Å²) >= 11 is 0. The standard InChI is InChI=1S/C19H34O2.C11H20O2.C7H14.C5H8.C2H4/c1-3-4-5-6-7-8-9-10-11-12-13-14-15-16-17-18-19(20)21-2;1-3-4-5-6-7-8-9-10-11(12)13-2;1-3-5-7-6-4-2;1-3-5-4-2;1-2/h7-8,10-11H,3-6,9,12-18H2,1-2H3;3H,1,4-10H2,2H3;3H,1,4-7H2,2H3;3-4H,1-2,5H2;1-2H2/b8-7+,11-10+;;;;. The molecule has 0 aromatic rings. The van der Waals surface area contributed by atoms with Crippen LogP contribution in [0.1, 0.15) is 168 Å². The molecular formula is C44H80O4. The summed E-state index contributed by atoms with van der Waals surface area (Å²) in [5, 5.41) is 0. The molecule has 0 saturated carbocycles. The summed E-state index contributed by atoms with van der Waals surface area (Å²) in [5.41, 5.74) is 0. The topological polar surface area (TPSA) is 52.6 Å². The van der Waals surface area contributed by atoms with Gasteiger partial charge in [-0.15, -0.1) is 39.5 Å². The molecule has 0 saturated heterocycles. The number of unbranched alkanes of at least 4 members (excludes halogenated alkanes) is 16. The minimum atomic E-state index is -0.0916. The molecule has 0 atom stereocenters. The van der Waals surface area contributed by atoms with Crippen molar-refractivity contribution in [2.24, 2.45) is 0 Å². The number of carbonyl (C=O) groups is 2. The third kappa shape index (κ3) is 69.7. The van der Waals surface area contributed by atoms with Crippen molar-refractivity contribution < 1.29 is 19.1 Å². The van der Waals surface area contributed by atoms with Crippen LogP contribution in [0.4, 0.5) is 0 Å². The fourth-order valence-electron chi connectivity index (χ4n) is 4.03. The smallest absolute Gasteiger partial charge is 0.305 e. The fraction of sp³-hybridized carbons (Fsp3) is 0.636. The van der Waals surface area contributed by atoms with Crippen LogP contribution in [0.5, 0.6) is 0 Å². The predicted molar refractivity (Wildman–Crippen MR) is 217 cm³/mol. The van der Waals surface area contributed by atoms with Crippen molar-refractivity contribution in [1.29, 1.82) is 0 Å². The Kier molecular flexibility index (Phi) is 67.7. The zero-order valence-corrected chi connectivity index (χ0v) is 32.5. The van der Waals surface area contributed by atoms with Gasteiger partial charge in [-0.2, -0.15) is 0 Å². The Morgan fingerprint density at radius 3 is 1.10 bits per heavy atom. The number of rotatable bonds is 28. The number of allylic oxidation sites excluding steroid dienone is 8. The molecule has 0 unspecified atom stereocenters. The molecule has 280 valence electrons. The van der Waals surface area contributed by atoms with Crippen LogP contribution >= 0.6 is 0 Å². The number of ether oxygens (including phenoxy) is 2. The number of hydrogen-bond donors (Lipinski definition) is 0. The van der Waals surface area contributed by atoms with Crippen molar-refractivity contribution in [3.05, 3.63) is 88.1 Å². The number of carbonyl (C=O) groups excluding carboxylic acids is 2. The van der Waals surface area contributed by atoms with E-state index in [1.165, 1.54) is 111 Å². The number of methoxy groups -OCH3 is 2. The summed E-state index contributed by atoms with van der Waals surface area (Å²) in [4.78, 5) is 21.6. The van der Waals surface area contributed by atoms with Gasteiger partial charge in [0.05, 0.1) is 14.2 Å². The van der Waals surface area contributed by atoms with Crippen LogP contribution in [0.25, 0.3) is 0 Å². The Labute approximate surface area is 300 Å². The lowest BCUT2D eigenvalue weighted by molar-refractivity contribution is -0.141. The summed E-state index contributed by atoms with van der Waals surface area (Å²) in [6.45, 7) is 24.7. The molecule has 0 aromatic carbocycles. The van der Waals surface area contributed by atoms with Gasteiger partial charge in [0.15, 0.2) is 0 Å². The number of hydrogen-bond acceptors (Lipinski definition) is 4. The van der Waals surface area contributed by atoms with E-state index < -0.39 is 0 Å². The highest BCUT2D eigenvalue weighted by Gasteiger charge is 1.99. The summed E-state index contributed by atoms with van der Waals surface area (Å²) in [6.07, 6.45) is 44.1. The molecule has 48 heavy (non-hydrogen) atoms. The van der Waals surface area contributed by atoms with Crippen LogP contribution in [0.2, 0.25) is 0 Å². The van der Waals surface area contributed by atoms with Crippen molar-refractivity contribution in [3.8, 4) is 0 Å². The summed E-state index contributed by atoms with van der Waals surface area (Å²) in [6, 6.07) is 0. The quantitative estimate of drug-likeness (QED) is 0.0471. The van der Waals surface area contributed by atoms with Gasteiger partial charge in [0, 0.05) is 12.8 Å². The first-order valence-electron chi connectivity index (χ1n) is 18.8. The zero-order valence-electron chi connectivity index (χ0n) is 32.5. The Bertz CT molecular complexity index is 713. The molecular weight excluding hydrogens is 592 g/mol. The van der Waals surface area contributed by atoms with Crippen LogP contribution in [0.3, 0.4) is 0 Å². The van der Waals surface area contributed by atoms with Gasteiger partial charge in [-0.1, -0.05) is 127 Å². The van der Waals surface area contributed by atoms with E-state index in [-0.39, 0.29) is 11.9 Å². The molecule has 0 heterocycles. The Hall–Kier alpha value is -2.88. The lowest BCUT2D eigenvalue weighted by Crippen LogP contribution is -1.98. The average molecular weight is 673 g/mol. The summed E-state index contributed by atoms with van der Waals surface area (Å²) < 4.78 is 9.16. The van der Waals surface area contributed by atoms with Crippen LogP contribution < -0.4 is 0 Å². The van der Waals surface area contributed by atoms with E-state index >= 15 is 0 Å². The minimum absolute atomic E-state index is 0.0827. The maximum absolute atomic E-state index is 10.9. The second kappa shape index (κ2) is 59.5. The molecule has 0 bridgehead atoms. The zero-order chi connectivity index (χ0) is 37.2. The van der Waals surface area contributed by atoms with E-state index in [4.69, 9.17) is 0 Å². The van der Waals surface area contributed by atoms with Gasteiger partial charge in [-0.3, -0.25) is 9.59 Å². The van der Waals surface area contributed by atoms with Gasteiger partial charge in [-0.25, -0.2) is 0 Å². The second-order valence-corrected chi connectivity index (χ2v) is 11.3.